The van der Waals surface area contributed by atoms with Gasteiger partial charge in [-0.15, -0.1) is 0 Å². The van der Waals surface area contributed by atoms with Gasteiger partial charge in [-0.2, -0.15) is 0 Å². The van der Waals surface area contributed by atoms with Crippen molar-refractivity contribution in [1.29, 1.82) is 0 Å². The van der Waals surface area contributed by atoms with Crippen LogP contribution >= 0.6 is 0 Å². The van der Waals surface area contributed by atoms with Crippen molar-refractivity contribution < 1.29 is 19.4 Å². The van der Waals surface area contributed by atoms with Crippen LogP contribution in [-0.4, -0.2) is 24.3 Å². The zero-order valence-electron chi connectivity index (χ0n) is 9.31. The fourth-order valence-electron chi connectivity index (χ4n) is 1.11. The van der Waals surface area contributed by atoms with Crippen molar-refractivity contribution in [3.8, 4) is 11.5 Å². The van der Waals surface area contributed by atoms with Crippen LogP contribution < -0.4 is 9.47 Å². The summed E-state index contributed by atoms with van der Waals surface area (Å²) in [5.74, 6) is 0.598. The molecule has 0 amide bonds. The first-order valence-electron chi connectivity index (χ1n) is 5.30. The Kier molecular flexibility index (Phi) is 5.19. The normalized spacial score (nSPS) is 9.81. The minimum atomic E-state index is -0.858. The van der Waals surface area contributed by atoms with Crippen LogP contribution in [0.1, 0.15) is 19.8 Å². The molecule has 0 aliphatic carbocycles. The third kappa shape index (κ3) is 4.68. The third-order valence-corrected chi connectivity index (χ3v) is 1.88. The van der Waals surface area contributed by atoms with Crippen molar-refractivity contribution in [3.05, 3.63) is 24.3 Å². The molecule has 1 rings (SSSR count). The molecule has 0 atom stereocenters. The molecule has 1 aromatic carbocycles. The molecule has 0 aromatic heterocycles. The molecule has 88 valence electrons. The summed E-state index contributed by atoms with van der Waals surface area (Å²) in [6.07, 6.45) is 0.977. The summed E-state index contributed by atoms with van der Waals surface area (Å²) in [5.41, 5.74) is 0. The topological polar surface area (TPSA) is 55.8 Å². The van der Waals surface area contributed by atoms with Gasteiger partial charge in [-0.3, -0.25) is 4.79 Å². The summed E-state index contributed by atoms with van der Waals surface area (Å²) in [5, 5.41) is 8.43. The number of hydrogen-bond acceptors (Lipinski definition) is 3. The lowest BCUT2D eigenvalue weighted by Crippen LogP contribution is -2.04. The Morgan fingerprint density at radius 1 is 1.12 bits per heavy atom. The molecule has 0 spiro atoms. The molecule has 4 nitrogen and oxygen atoms in total. The minimum absolute atomic E-state index is 0.00802. The molecule has 1 N–H and O–H groups in total. The van der Waals surface area contributed by atoms with Crippen LogP contribution in [0.4, 0.5) is 0 Å². The van der Waals surface area contributed by atoms with Gasteiger partial charge >= 0.3 is 5.97 Å². The van der Waals surface area contributed by atoms with Gasteiger partial charge in [-0.25, -0.2) is 0 Å². The SMILES string of the molecule is CCCOc1ccc(OCCC(=O)O)cc1. The van der Waals surface area contributed by atoms with Crippen molar-refractivity contribution in [2.45, 2.75) is 19.8 Å². The number of carbonyl (C=O) groups is 1. The number of benzene rings is 1. The average Bonchev–Trinajstić information content (AvgIpc) is 2.27. The number of rotatable bonds is 7. The number of carboxylic acids is 1. The van der Waals surface area contributed by atoms with Gasteiger partial charge in [0.1, 0.15) is 11.5 Å². The molecular weight excluding hydrogens is 208 g/mol. The Bertz CT molecular complexity index is 318. The van der Waals surface area contributed by atoms with Crippen LogP contribution in [0.5, 0.6) is 11.5 Å². The molecule has 1 aromatic rings. The summed E-state index contributed by atoms with van der Waals surface area (Å²) in [6, 6.07) is 7.16. The highest BCUT2D eigenvalue weighted by atomic mass is 16.5. The smallest absolute Gasteiger partial charge is 0.306 e. The molecule has 0 aliphatic rings. The fourth-order valence-corrected chi connectivity index (χ4v) is 1.11. The molecule has 0 radical (unpaired) electrons. The first-order valence-corrected chi connectivity index (χ1v) is 5.30. The van der Waals surface area contributed by atoms with E-state index in [0.29, 0.717) is 12.4 Å². The Balaban J connectivity index is 2.36. The summed E-state index contributed by atoms with van der Waals surface area (Å²) < 4.78 is 10.6. The van der Waals surface area contributed by atoms with Gasteiger partial charge in [0.05, 0.1) is 19.6 Å². The van der Waals surface area contributed by atoms with Gasteiger partial charge < -0.3 is 14.6 Å². The number of hydrogen-bond donors (Lipinski definition) is 1. The Labute approximate surface area is 94.8 Å². The number of aliphatic carboxylic acids is 1. The molecular formula is C12H16O4. The molecule has 0 unspecified atom stereocenters. The maximum atomic E-state index is 10.3. The average molecular weight is 224 g/mol. The van der Waals surface area contributed by atoms with E-state index in [-0.39, 0.29) is 13.0 Å². The Morgan fingerprint density at radius 3 is 2.06 bits per heavy atom. The van der Waals surface area contributed by atoms with Crippen LogP contribution in [0.25, 0.3) is 0 Å². The van der Waals surface area contributed by atoms with Gasteiger partial charge in [0.25, 0.3) is 0 Å². The van der Waals surface area contributed by atoms with Gasteiger partial charge in [0.15, 0.2) is 0 Å². The van der Waals surface area contributed by atoms with Crippen LogP contribution in [0.2, 0.25) is 0 Å². The molecule has 0 saturated carbocycles. The lowest BCUT2D eigenvalue weighted by atomic mass is 10.3. The lowest BCUT2D eigenvalue weighted by Gasteiger charge is -2.07. The number of ether oxygens (including phenoxy) is 2. The molecule has 4 heteroatoms. The maximum absolute atomic E-state index is 10.3. The van der Waals surface area contributed by atoms with Crippen LogP contribution in [0, 0.1) is 0 Å². The first kappa shape index (κ1) is 12.4. The highest BCUT2D eigenvalue weighted by molar-refractivity contribution is 5.66. The van der Waals surface area contributed by atoms with Crippen molar-refractivity contribution in [2.24, 2.45) is 0 Å². The number of carboxylic acid groups (broad SMARTS) is 1. The largest absolute Gasteiger partial charge is 0.494 e. The first-order chi connectivity index (χ1) is 7.72. The van der Waals surface area contributed by atoms with E-state index in [2.05, 4.69) is 0 Å². The fraction of sp³-hybridized carbons (Fsp3) is 0.417. The van der Waals surface area contributed by atoms with Crippen molar-refractivity contribution in [1.82, 2.24) is 0 Å². The molecule has 0 fully saturated rings. The summed E-state index contributed by atoms with van der Waals surface area (Å²) in [7, 11) is 0. The molecule has 0 saturated heterocycles. The van der Waals surface area contributed by atoms with Crippen LogP contribution in [-0.2, 0) is 4.79 Å². The summed E-state index contributed by atoms with van der Waals surface area (Å²) >= 11 is 0. The van der Waals surface area contributed by atoms with Gasteiger partial charge in [-0.05, 0) is 30.7 Å². The van der Waals surface area contributed by atoms with Crippen molar-refractivity contribution in [2.75, 3.05) is 13.2 Å². The zero-order valence-corrected chi connectivity index (χ0v) is 9.31. The second-order valence-electron chi connectivity index (χ2n) is 3.31. The Hall–Kier alpha value is -1.71. The maximum Gasteiger partial charge on any atom is 0.306 e. The summed E-state index contributed by atoms with van der Waals surface area (Å²) in [6.45, 7) is 2.92. The van der Waals surface area contributed by atoms with Gasteiger partial charge in [-0.1, -0.05) is 6.92 Å². The van der Waals surface area contributed by atoms with E-state index in [1.807, 2.05) is 19.1 Å². The van der Waals surface area contributed by atoms with E-state index >= 15 is 0 Å². The van der Waals surface area contributed by atoms with E-state index < -0.39 is 5.97 Å². The highest BCUT2D eigenvalue weighted by Gasteiger charge is 1.99. The predicted octanol–water partition coefficient (Wildman–Crippen LogP) is 2.33. The lowest BCUT2D eigenvalue weighted by molar-refractivity contribution is -0.137. The van der Waals surface area contributed by atoms with E-state index in [1.54, 1.807) is 12.1 Å². The van der Waals surface area contributed by atoms with Crippen molar-refractivity contribution in [3.63, 3.8) is 0 Å². The van der Waals surface area contributed by atoms with Crippen LogP contribution in [0.15, 0.2) is 24.3 Å². The quantitative estimate of drug-likeness (QED) is 0.772. The van der Waals surface area contributed by atoms with Gasteiger partial charge in [0.2, 0.25) is 0 Å². The molecule has 16 heavy (non-hydrogen) atoms. The zero-order chi connectivity index (χ0) is 11.8. The van der Waals surface area contributed by atoms with E-state index in [1.165, 1.54) is 0 Å². The molecule has 0 heterocycles. The minimum Gasteiger partial charge on any atom is -0.494 e. The highest BCUT2D eigenvalue weighted by Crippen LogP contribution is 2.17. The monoisotopic (exact) mass is 224 g/mol. The summed E-state index contributed by atoms with van der Waals surface area (Å²) in [4.78, 5) is 10.3. The Morgan fingerprint density at radius 2 is 1.62 bits per heavy atom. The second kappa shape index (κ2) is 6.71. The molecule has 0 bridgehead atoms. The third-order valence-electron chi connectivity index (χ3n) is 1.88. The predicted molar refractivity (Wildman–Crippen MR) is 60.0 cm³/mol. The van der Waals surface area contributed by atoms with Crippen LogP contribution in [0.3, 0.4) is 0 Å². The van der Waals surface area contributed by atoms with E-state index in [4.69, 9.17) is 14.6 Å². The standard InChI is InChI=1S/C12H16O4/c1-2-8-15-10-3-5-11(6-4-10)16-9-7-12(13)14/h3-6H,2,7-9H2,1H3,(H,13,14). The van der Waals surface area contributed by atoms with Gasteiger partial charge in [0, 0.05) is 0 Å². The molecule has 0 aliphatic heterocycles. The van der Waals surface area contributed by atoms with E-state index in [9.17, 15) is 4.79 Å². The van der Waals surface area contributed by atoms with Crippen molar-refractivity contribution >= 4 is 5.97 Å². The second-order valence-corrected chi connectivity index (χ2v) is 3.31. The van der Waals surface area contributed by atoms with E-state index in [0.717, 1.165) is 12.2 Å².